The highest BCUT2D eigenvalue weighted by Gasteiger charge is 2.10. The SMILES string of the molecule is COc1cccc(CCN)c1OCCOc1ccc(F)cc1. The lowest BCUT2D eigenvalue weighted by Crippen LogP contribution is -2.12. The molecule has 0 amide bonds. The van der Waals surface area contributed by atoms with Crippen molar-refractivity contribution in [1.29, 1.82) is 0 Å². The average Bonchev–Trinajstić information content (AvgIpc) is 2.54. The number of methoxy groups -OCH3 is 1. The molecule has 0 spiro atoms. The van der Waals surface area contributed by atoms with Crippen molar-refractivity contribution in [1.82, 2.24) is 0 Å². The molecule has 0 aliphatic heterocycles. The summed E-state index contributed by atoms with van der Waals surface area (Å²) in [5, 5.41) is 0. The third-order valence-electron chi connectivity index (χ3n) is 3.11. The van der Waals surface area contributed by atoms with Gasteiger partial charge in [0.05, 0.1) is 7.11 Å². The van der Waals surface area contributed by atoms with Crippen molar-refractivity contribution in [2.75, 3.05) is 26.9 Å². The van der Waals surface area contributed by atoms with Gasteiger partial charge in [-0.25, -0.2) is 4.39 Å². The fourth-order valence-corrected chi connectivity index (χ4v) is 2.07. The normalized spacial score (nSPS) is 10.3. The third kappa shape index (κ3) is 4.36. The Labute approximate surface area is 129 Å². The molecule has 0 aliphatic carbocycles. The van der Waals surface area contributed by atoms with Crippen LogP contribution in [0.2, 0.25) is 0 Å². The van der Waals surface area contributed by atoms with Crippen LogP contribution in [0.3, 0.4) is 0 Å². The van der Waals surface area contributed by atoms with Crippen molar-refractivity contribution >= 4 is 0 Å². The Morgan fingerprint density at radius 1 is 1.00 bits per heavy atom. The summed E-state index contributed by atoms with van der Waals surface area (Å²) >= 11 is 0. The Morgan fingerprint density at radius 3 is 2.41 bits per heavy atom. The standard InChI is InChI=1S/C17H20FNO3/c1-20-16-4-2-3-13(9-10-19)17(16)22-12-11-21-15-7-5-14(18)6-8-15/h2-8H,9-12,19H2,1H3. The van der Waals surface area contributed by atoms with E-state index < -0.39 is 0 Å². The largest absolute Gasteiger partial charge is 0.493 e. The Hall–Kier alpha value is -2.27. The molecule has 118 valence electrons. The first kappa shape index (κ1) is 16.1. The number of rotatable bonds is 8. The zero-order chi connectivity index (χ0) is 15.8. The second-order valence-electron chi connectivity index (χ2n) is 4.64. The Bertz CT molecular complexity index is 587. The molecule has 0 saturated heterocycles. The van der Waals surface area contributed by atoms with E-state index in [0.717, 1.165) is 5.56 Å². The maximum absolute atomic E-state index is 12.8. The number of benzene rings is 2. The Kier molecular flexibility index (Phi) is 6.03. The molecule has 22 heavy (non-hydrogen) atoms. The van der Waals surface area contributed by atoms with Gasteiger partial charge in [-0.05, 0) is 48.9 Å². The molecule has 0 atom stereocenters. The van der Waals surface area contributed by atoms with E-state index in [1.54, 1.807) is 19.2 Å². The van der Waals surface area contributed by atoms with Gasteiger partial charge in [-0.1, -0.05) is 12.1 Å². The molecular formula is C17H20FNO3. The molecule has 0 aromatic heterocycles. The quantitative estimate of drug-likeness (QED) is 0.762. The second kappa shape index (κ2) is 8.24. The zero-order valence-corrected chi connectivity index (χ0v) is 12.5. The van der Waals surface area contributed by atoms with Crippen molar-refractivity contribution < 1.29 is 18.6 Å². The number of ether oxygens (including phenoxy) is 3. The highest BCUT2D eigenvalue weighted by atomic mass is 19.1. The molecule has 4 nitrogen and oxygen atoms in total. The van der Waals surface area contributed by atoms with E-state index in [0.29, 0.717) is 43.4 Å². The van der Waals surface area contributed by atoms with E-state index in [1.807, 2.05) is 18.2 Å². The number of halogens is 1. The third-order valence-corrected chi connectivity index (χ3v) is 3.11. The van der Waals surface area contributed by atoms with E-state index in [-0.39, 0.29) is 5.82 Å². The summed E-state index contributed by atoms with van der Waals surface area (Å²) in [7, 11) is 1.60. The van der Waals surface area contributed by atoms with E-state index in [1.165, 1.54) is 12.1 Å². The van der Waals surface area contributed by atoms with Gasteiger partial charge in [0.2, 0.25) is 0 Å². The van der Waals surface area contributed by atoms with Gasteiger partial charge in [0.15, 0.2) is 11.5 Å². The van der Waals surface area contributed by atoms with Crippen LogP contribution in [0.15, 0.2) is 42.5 Å². The van der Waals surface area contributed by atoms with Crippen molar-refractivity contribution in [2.45, 2.75) is 6.42 Å². The zero-order valence-electron chi connectivity index (χ0n) is 12.5. The van der Waals surface area contributed by atoms with Crippen LogP contribution in [0, 0.1) is 5.82 Å². The fourth-order valence-electron chi connectivity index (χ4n) is 2.07. The molecule has 5 heteroatoms. The van der Waals surface area contributed by atoms with Crippen LogP contribution < -0.4 is 19.9 Å². The van der Waals surface area contributed by atoms with E-state index in [4.69, 9.17) is 19.9 Å². The van der Waals surface area contributed by atoms with Crippen LogP contribution in [0.5, 0.6) is 17.2 Å². The molecule has 0 aliphatic rings. The topological polar surface area (TPSA) is 53.7 Å². The van der Waals surface area contributed by atoms with Gasteiger partial charge < -0.3 is 19.9 Å². The molecule has 0 bridgehead atoms. The Morgan fingerprint density at radius 2 is 1.73 bits per heavy atom. The average molecular weight is 305 g/mol. The van der Waals surface area contributed by atoms with E-state index >= 15 is 0 Å². The molecule has 0 heterocycles. The minimum Gasteiger partial charge on any atom is -0.493 e. The van der Waals surface area contributed by atoms with Gasteiger partial charge in [0, 0.05) is 0 Å². The van der Waals surface area contributed by atoms with Crippen LogP contribution in [0.25, 0.3) is 0 Å². The van der Waals surface area contributed by atoms with Crippen LogP contribution in [0.4, 0.5) is 4.39 Å². The summed E-state index contributed by atoms with van der Waals surface area (Å²) in [5.74, 6) is 1.68. The molecule has 0 radical (unpaired) electrons. The first-order chi connectivity index (χ1) is 10.7. The lowest BCUT2D eigenvalue weighted by molar-refractivity contribution is 0.210. The smallest absolute Gasteiger partial charge is 0.164 e. The van der Waals surface area contributed by atoms with Crippen molar-refractivity contribution in [3.8, 4) is 17.2 Å². The molecule has 0 unspecified atom stereocenters. The summed E-state index contributed by atoms with van der Waals surface area (Å²) in [6, 6.07) is 11.6. The number of para-hydroxylation sites is 1. The number of hydrogen-bond donors (Lipinski definition) is 1. The van der Waals surface area contributed by atoms with Gasteiger partial charge in [-0.15, -0.1) is 0 Å². The van der Waals surface area contributed by atoms with Gasteiger partial charge in [0.25, 0.3) is 0 Å². The van der Waals surface area contributed by atoms with E-state index in [9.17, 15) is 4.39 Å². The minimum atomic E-state index is -0.288. The predicted octanol–water partition coefficient (Wildman–Crippen LogP) is 2.79. The first-order valence-corrected chi connectivity index (χ1v) is 7.11. The van der Waals surface area contributed by atoms with Gasteiger partial charge in [-0.3, -0.25) is 0 Å². The first-order valence-electron chi connectivity index (χ1n) is 7.11. The van der Waals surface area contributed by atoms with Gasteiger partial charge in [0.1, 0.15) is 24.8 Å². The fraction of sp³-hybridized carbons (Fsp3) is 0.294. The predicted molar refractivity (Wildman–Crippen MR) is 83.1 cm³/mol. The van der Waals surface area contributed by atoms with Crippen molar-refractivity contribution in [3.05, 3.63) is 53.8 Å². The number of hydrogen-bond acceptors (Lipinski definition) is 4. The van der Waals surface area contributed by atoms with Crippen LogP contribution in [0.1, 0.15) is 5.56 Å². The van der Waals surface area contributed by atoms with Gasteiger partial charge in [-0.2, -0.15) is 0 Å². The summed E-state index contributed by atoms with van der Waals surface area (Å²) in [6.07, 6.45) is 0.714. The summed E-state index contributed by atoms with van der Waals surface area (Å²) in [4.78, 5) is 0. The monoisotopic (exact) mass is 305 g/mol. The highest BCUT2D eigenvalue weighted by molar-refractivity contribution is 5.46. The Balaban J connectivity index is 1.91. The van der Waals surface area contributed by atoms with Crippen molar-refractivity contribution in [2.24, 2.45) is 5.73 Å². The molecule has 2 N–H and O–H groups in total. The molecule has 0 saturated carbocycles. The van der Waals surface area contributed by atoms with Crippen LogP contribution in [-0.2, 0) is 6.42 Å². The highest BCUT2D eigenvalue weighted by Crippen LogP contribution is 2.31. The van der Waals surface area contributed by atoms with Crippen molar-refractivity contribution in [3.63, 3.8) is 0 Å². The van der Waals surface area contributed by atoms with Crippen LogP contribution in [-0.4, -0.2) is 26.9 Å². The van der Waals surface area contributed by atoms with Gasteiger partial charge >= 0.3 is 0 Å². The summed E-state index contributed by atoms with van der Waals surface area (Å²) < 4.78 is 29.4. The summed E-state index contributed by atoms with van der Waals surface area (Å²) in [6.45, 7) is 1.25. The molecular weight excluding hydrogens is 285 g/mol. The van der Waals surface area contributed by atoms with E-state index in [2.05, 4.69) is 0 Å². The molecule has 2 aromatic rings. The minimum absolute atomic E-state index is 0.288. The molecule has 2 rings (SSSR count). The van der Waals surface area contributed by atoms with Crippen LogP contribution >= 0.6 is 0 Å². The second-order valence-corrected chi connectivity index (χ2v) is 4.64. The molecule has 2 aromatic carbocycles. The number of nitrogens with two attached hydrogens (primary N) is 1. The molecule has 0 fully saturated rings. The lowest BCUT2D eigenvalue weighted by atomic mass is 10.1. The maximum Gasteiger partial charge on any atom is 0.164 e. The lowest BCUT2D eigenvalue weighted by Gasteiger charge is -2.15. The maximum atomic E-state index is 12.8. The summed E-state index contributed by atoms with van der Waals surface area (Å²) in [5.41, 5.74) is 6.62.